The largest absolute Gasteiger partial charge is 0.416 e. The number of hydrogen-bond acceptors (Lipinski definition) is 5. The minimum absolute atomic E-state index is 0.140. The molecule has 1 N–H and O–H groups in total. The Kier molecular flexibility index (Phi) is 4.74. The molecule has 1 fully saturated rings. The molecule has 2 heterocycles. The fraction of sp³-hybridized carbons (Fsp3) is 0.533. The number of anilines is 1. The van der Waals surface area contributed by atoms with Gasteiger partial charge < -0.3 is 10.0 Å². The van der Waals surface area contributed by atoms with Crippen LogP contribution in [0.1, 0.15) is 12.0 Å². The lowest BCUT2D eigenvalue weighted by atomic mass is 10.2. The van der Waals surface area contributed by atoms with E-state index in [0.717, 1.165) is 43.8 Å². The van der Waals surface area contributed by atoms with Gasteiger partial charge in [0.2, 0.25) is 0 Å². The number of aliphatic hydroxyl groups is 1. The highest BCUT2D eigenvalue weighted by atomic mass is 32.1. The molecule has 8 heteroatoms. The number of hydrogen-bond donors (Lipinski definition) is 1. The average molecular weight is 345 g/mol. The van der Waals surface area contributed by atoms with Crippen molar-refractivity contribution >= 4 is 26.7 Å². The van der Waals surface area contributed by atoms with Crippen molar-refractivity contribution in [1.82, 2.24) is 9.88 Å². The van der Waals surface area contributed by atoms with Crippen molar-refractivity contribution in [2.75, 3.05) is 44.2 Å². The molecule has 23 heavy (non-hydrogen) atoms. The van der Waals surface area contributed by atoms with E-state index in [9.17, 15) is 13.2 Å². The minimum atomic E-state index is -4.33. The third kappa shape index (κ3) is 3.76. The maximum atomic E-state index is 12.8. The van der Waals surface area contributed by atoms with E-state index in [0.29, 0.717) is 16.8 Å². The Labute approximate surface area is 136 Å². The summed E-state index contributed by atoms with van der Waals surface area (Å²) in [5, 5.41) is 9.79. The average Bonchev–Trinajstić information content (AvgIpc) is 2.78. The Morgan fingerprint density at radius 1 is 1.17 bits per heavy atom. The van der Waals surface area contributed by atoms with E-state index < -0.39 is 11.7 Å². The second-order valence-electron chi connectivity index (χ2n) is 5.58. The van der Waals surface area contributed by atoms with Crippen LogP contribution in [-0.4, -0.2) is 54.3 Å². The summed E-state index contributed by atoms with van der Waals surface area (Å²) < 4.78 is 38.9. The summed E-state index contributed by atoms with van der Waals surface area (Å²) >= 11 is 1.30. The van der Waals surface area contributed by atoms with Gasteiger partial charge in [0.05, 0.1) is 22.4 Å². The van der Waals surface area contributed by atoms with Gasteiger partial charge in [0, 0.05) is 26.2 Å². The van der Waals surface area contributed by atoms with Crippen molar-refractivity contribution < 1.29 is 18.3 Å². The second kappa shape index (κ2) is 6.62. The van der Waals surface area contributed by atoms with E-state index in [1.807, 2.05) is 0 Å². The molecule has 1 aliphatic rings. The Balaban J connectivity index is 1.80. The minimum Gasteiger partial charge on any atom is -0.395 e. The lowest BCUT2D eigenvalue weighted by molar-refractivity contribution is -0.137. The molecule has 3 rings (SSSR count). The Hall–Kier alpha value is -1.38. The summed E-state index contributed by atoms with van der Waals surface area (Å²) in [6, 6.07) is 3.69. The number of halogens is 3. The topological polar surface area (TPSA) is 39.6 Å². The normalized spacial score (nSPS) is 17.7. The molecule has 4 nitrogen and oxygen atoms in total. The van der Waals surface area contributed by atoms with E-state index in [2.05, 4.69) is 14.8 Å². The smallest absolute Gasteiger partial charge is 0.395 e. The number of rotatable bonds is 3. The summed E-state index contributed by atoms with van der Waals surface area (Å²) in [5.41, 5.74) is -0.0281. The summed E-state index contributed by atoms with van der Waals surface area (Å²) in [7, 11) is 0. The summed E-state index contributed by atoms with van der Waals surface area (Å²) in [6.45, 7) is 4.13. The molecule has 0 atom stereocenters. The van der Waals surface area contributed by atoms with Crippen LogP contribution in [0.25, 0.3) is 10.2 Å². The van der Waals surface area contributed by atoms with Crippen LogP contribution in [0.3, 0.4) is 0 Å². The molecule has 0 unspecified atom stereocenters. The lowest BCUT2D eigenvalue weighted by Crippen LogP contribution is -2.32. The molecular formula is C15H18F3N3OS. The standard InChI is InChI=1S/C15H18F3N3OS/c16-15(17,18)11-2-3-12-13(10-11)23-14(19-12)21-5-1-4-20(6-7-21)8-9-22/h2-3,10,22H,1,4-9H2. The molecule has 0 spiro atoms. The predicted molar refractivity (Wildman–Crippen MR) is 85.0 cm³/mol. The molecule has 0 bridgehead atoms. The number of β-amino-alcohol motifs (C(OH)–C–C–N with tert-alkyl or cyclic N) is 1. The first-order valence-electron chi connectivity index (χ1n) is 7.53. The SMILES string of the molecule is OCCN1CCCN(c2nc3ccc(C(F)(F)F)cc3s2)CC1. The molecule has 0 amide bonds. The van der Waals surface area contributed by atoms with Crippen molar-refractivity contribution in [1.29, 1.82) is 0 Å². The van der Waals surface area contributed by atoms with Gasteiger partial charge in [0.15, 0.2) is 5.13 Å². The molecular weight excluding hydrogens is 327 g/mol. The molecule has 0 radical (unpaired) electrons. The Morgan fingerprint density at radius 2 is 2.00 bits per heavy atom. The highest BCUT2D eigenvalue weighted by Crippen LogP contribution is 2.35. The molecule has 0 aliphatic carbocycles. The van der Waals surface area contributed by atoms with Crippen molar-refractivity contribution in [2.45, 2.75) is 12.6 Å². The van der Waals surface area contributed by atoms with Gasteiger partial charge in [0.25, 0.3) is 0 Å². The highest BCUT2D eigenvalue weighted by molar-refractivity contribution is 7.22. The first-order valence-corrected chi connectivity index (χ1v) is 8.35. The van der Waals surface area contributed by atoms with Crippen molar-refractivity contribution in [2.24, 2.45) is 0 Å². The fourth-order valence-corrected chi connectivity index (χ4v) is 3.81. The van der Waals surface area contributed by atoms with Gasteiger partial charge >= 0.3 is 6.18 Å². The summed E-state index contributed by atoms with van der Waals surface area (Å²) in [6.07, 6.45) is -3.38. The third-order valence-corrected chi connectivity index (χ3v) is 5.06. The third-order valence-electron chi connectivity index (χ3n) is 3.98. The van der Waals surface area contributed by atoms with Gasteiger partial charge in [-0.05, 0) is 31.2 Å². The second-order valence-corrected chi connectivity index (χ2v) is 6.59. The lowest BCUT2D eigenvalue weighted by Gasteiger charge is -2.20. The van der Waals surface area contributed by atoms with Gasteiger partial charge in [-0.25, -0.2) is 4.98 Å². The zero-order valence-electron chi connectivity index (χ0n) is 12.5. The van der Waals surface area contributed by atoms with Crippen molar-refractivity contribution in [3.05, 3.63) is 23.8 Å². The number of benzene rings is 1. The van der Waals surface area contributed by atoms with Crippen LogP contribution in [0.2, 0.25) is 0 Å². The fourth-order valence-electron chi connectivity index (χ4n) is 2.75. The maximum absolute atomic E-state index is 12.8. The highest BCUT2D eigenvalue weighted by Gasteiger charge is 2.31. The van der Waals surface area contributed by atoms with Crippen LogP contribution in [0.15, 0.2) is 18.2 Å². The summed E-state index contributed by atoms with van der Waals surface area (Å²) in [4.78, 5) is 8.79. The molecule has 1 aromatic heterocycles. The molecule has 1 saturated heterocycles. The van der Waals surface area contributed by atoms with E-state index in [1.54, 1.807) is 0 Å². The van der Waals surface area contributed by atoms with Gasteiger partial charge in [0.1, 0.15) is 0 Å². The van der Waals surface area contributed by atoms with Gasteiger partial charge in [-0.2, -0.15) is 13.2 Å². The van der Waals surface area contributed by atoms with E-state index >= 15 is 0 Å². The van der Waals surface area contributed by atoms with Crippen LogP contribution in [0.5, 0.6) is 0 Å². The van der Waals surface area contributed by atoms with Crippen LogP contribution < -0.4 is 4.90 Å². The monoisotopic (exact) mass is 345 g/mol. The number of aliphatic hydroxyl groups excluding tert-OH is 1. The number of alkyl halides is 3. The predicted octanol–water partition coefficient (Wildman–Crippen LogP) is 2.82. The Morgan fingerprint density at radius 3 is 2.74 bits per heavy atom. The van der Waals surface area contributed by atoms with Crippen LogP contribution in [-0.2, 0) is 6.18 Å². The van der Waals surface area contributed by atoms with Gasteiger partial charge in [-0.3, -0.25) is 4.90 Å². The molecule has 2 aromatic rings. The van der Waals surface area contributed by atoms with Gasteiger partial charge in [-0.15, -0.1) is 0 Å². The molecule has 0 saturated carbocycles. The quantitative estimate of drug-likeness (QED) is 0.929. The molecule has 126 valence electrons. The van der Waals surface area contributed by atoms with E-state index in [-0.39, 0.29) is 6.61 Å². The summed E-state index contributed by atoms with van der Waals surface area (Å²) in [5.74, 6) is 0. The van der Waals surface area contributed by atoms with Crippen molar-refractivity contribution in [3.8, 4) is 0 Å². The number of nitrogens with zero attached hydrogens (tertiary/aromatic N) is 3. The van der Waals surface area contributed by atoms with Crippen LogP contribution in [0, 0.1) is 0 Å². The number of fused-ring (bicyclic) bond motifs is 1. The molecule has 1 aliphatic heterocycles. The number of thiazole rings is 1. The first kappa shape index (κ1) is 16.5. The van der Waals surface area contributed by atoms with Crippen LogP contribution in [0.4, 0.5) is 18.3 Å². The zero-order chi connectivity index (χ0) is 16.4. The van der Waals surface area contributed by atoms with E-state index in [1.165, 1.54) is 23.5 Å². The van der Waals surface area contributed by atoms with Crippen LogP contribution >= 0.6 is 11.3 Å². The van der Waals surface area contributed by atoms with E-state index in [4.69, 9.17) is 5.11 Å². The van der Waals surface area contributed by atoms with Gasteiger partial charge in [-0.1, -0.05) is 11.3 Å². The molecule has 1 aromatic carbocycles. The van der Waals surface area contributed by atoms with Crippen molar-refractivity contribution in [3.63, 3.8) is 0 Å². The maximum Gasteiger partial charge on any atom is 0.416 e. The number of aromatic nitrogens is 1. The zero-order valence-corrected chi connectivity index (χ0v) is 13.3. The Bertz CT molecular complexity index is 674. The first-order chi connectivity index (χ1) is 11.0.